The number of hydrogen-bond acceptors (Lipinski definition) is 4. The highest BCUT2D eigenvalue weighted by Gasteiger charge is 2.36. The summed E-state index contributed by atoms with van der Waals surface area (Å²) in [4.78, 5) is 39.7. The summed E-state index contributed by atoms with van der Waals surface area (Å²) in [6, 6.07) is 13.4. The number of carbonyl (C=O) groups is 3. The van der Waals surface area contributed by atoms with Crippen molar-refractivity contribution in [3.05, 3.63) is 59.7 Å². The maximum absolute atomic E-state index is 12.5. The third-order valence-corrected chi connectivity index (χ3v) is 3.64. The van der Waals surface area contributed by atoms with Gasteiger partial charge in [0.15, 0.2) is 0 Å². The number of likely N-dealkylation sites (N-methyl/N-ethyl adjacent to an activating group) is 1. The van der Waals surface area contributed by atoms with Gasteiger partial charge in [-0.15, -0.1) is 0 Å². The SMILES string of the molecule is CN(C)CC(=O)Nc1cccc(N2C(=O)c3ccccc3C2=O)c1. The number of carbonyl (C=O) groups excluding carboxylic acids is 3. The number of amides is 3. The highest BCUT2D eigenvalue weighted by atomic mass is 16.2. The maximum Gasteiger partial charge on any atom is 0.266 e. The Hall–Kier alpha value is -2.99. The van der Waals surface area contributed by atoms with Crippen LogP contribution in [0.25, 0.3) is 0 Å². The highest BCUT2D eigenvalue weighted by molar-refractivity contribution is 6.34. The molecular formula is C18H17N3O3. The van der Waals surface area contributed by atoms with Crippen LogP contribution in [0.4, 0.5) is 11.4 Å². The Morgan fingerprint density at radius 1 is 1.00 bits per heavy atom. The Kier molecular flexibility index (Phi) is 4.14. The normalized spacial score (nSPS) is 13.4. The average molecular weight is 323 g/mol. The first kappa shape index (κ1) is 15.9. The third kappa shape index (κ3) is 2.91. The molecule has 0 saturated heterocycles. The van der Waals surface area contributed by atoms with Crippen LogP contribution in [0, 0.1) is 0 Å². The van der Waals surface area contributed by atoms with Crippen LogP contribution in [-0.4, -0.2) is 43.3 Å². The quantitative estimate of drug-likeness (QED) is 0.874. The Morgan fingerprint density at radius 3 is 2.21 bits per heavy atom. The molecule has 0 radical (unpaired) electrons. The van der Waals surface area contributed by atoms with Crippen LogP contribution in [0.3, 0.4) is 0 Å². The predicted molar refractivity (Wildman–Crippen MR) is 91.2 cm³/mol. The minimum Gasteiger partial charge on any atom is -0.325 e. The lowest BCUT2D eigenvalue weighted by atomic mass is 10.1. The van der Waals surface area contributed by atoms with Crippen molar-refractivity contribution in [3.63, 3.8) is 0 Å². The van der Waals surface area contributed by atoms with Crippen LogP contribution in [0.2, 0.25) is 0 Å². The third-order valence-electron chi connectivity index (χ3n) is 3.64. The van der Waals surface area contributed by atoms with E-state index in [1.165, 1.54) is 0 Å². The van der Waals surface area contributed by atoms with Gasteiger partial charge in [-0.25, -0.2) is 4.90 Å². The summed E-state index contributed by atoms with van der Waals surface area (Å²) in [6.45, 7) is 0.247. The molecule has 122 valence electrons. The molecule has 1 aliphatic rings. The lowest BCUT2D eigenvalue weighted by Gasteiger charge is -2.16. The molecule has 6 nitrogen and oxygen atoms in total. The second-order valence-corrected chi connectivity index (χ2v) is 5.83. The first-order valence-electron chi connectivity index (χ1n) is 7.50. The van der Waals surface area contributed by atoms with Crippen molar-refractivity contribution in [2.75, 3.05) is 30.9 Å². The minimum atomic E-state index is -0.354. The molecule has 0 aliphatic carbocycles. The van der Waals surface area contributed by atoms with Gasteiger partial charge in [0.2, 0.25) is 5.91 Å². The summed E-state index contributed by atoms with van der Waals surface area (Å²) in [5.74, 6) is -0.876. The summed E-state index contributed by atoms with van der Waals surface area (Å²) in [5.41, 5.74) is 1.76. The maximum atomic E-state index is 12.5. The van der Waals surface area contributed by atoms with Crippen LogP contribution in [0.5, 0.6) is 0 Å². The van der Waals surface area contributed by atoms with E-state index in [4.69, 9.17) is 0 Å². The molecule has 0 spiro atoms. The van der Waals surface area contributed by atoms with Crippen LogP contribution >= 0.6 is 0 Å². The molecule has 1 aliphatic heterocycles. The predicted octanol–water partition coefficient (Wildman–Crippen LogP) is 1.99. The lowest BCUT2D eigenvalue weighted by molar-refractivity contribution is -0.116. The molecule has 1 heterocycles. The summed E-state index contributed by atoms with van der Waals surface area (Å²) in [5, 5.41) is 2.76. The van der Waals surface area contributed by atoms with Crippen molar-refractivity contribution >= 4 is 29.1 Å². The zero-order valence-corrected chi connectivity index (χ0v) is 13.4. The molecule has 2 aromatic rings. The molecule has 3 amide bonds. The second-order valence-electron chi connectivity index (χ2n) is 5.83. The summed E-state index contributed by atoms with van der Waals surface area (Å²) in [6.07, 6.45) is 0. The van der Waals surface area contributed by atoms with Gasteiger partial charge in [0.05, 0.1) is 23.4 Å². The van der Waals surface area contributed by atoms with Gasteiger partial charge in [0.1, 0.15) is 0 Å². The molecule has 0 aromatic heterocycles. The topological polar surface area (TPSA) is 69.7 Å². The van der Waals surface area contributed by atoms with Gasteiger partial charge in [0, 0.05) is 5.69 Å². The fourth-order valence-electron chi connectivity index (χ4n) is 2.63. The fourth-order valence-corrected chi connectivity index (χ4v) is 2.63. The zero-order chi connectivity index (χ0) is 17.3. The molecule has 0 bridgehead atoms. The molecule has 24 heavy (non-hydrogen) atoms. The Labute approximate surface area is 139 Å². The second kappa shape index (κ2) is 6.25. The van der Waals surface area contributed by atoms with E-state index in [1.807, 2.05) is 0 Å². The van der Waals surface area contributed by atoms with Crippen molar-refractivity contribution in [1.29, 1.82) is 0 Å². The van der Waals surface area contributed by atoms with Crippen LogP contribution in [0.15, 0.2) is 48.5 Å². The summed E-state index contributed by atoms with van der Waals surface area (Å²) >= 11 is 0. The number of imide groups is 1. The monoisotopic (exact) mass is 323 g/mol. The Bertz CT molecular complexity index is 795. The average Bonchev–Trinajstić information content (AvgIpc) is 2.79. The van der Waals surface area contributed by atoms with Crippen molar-refractivity contribution in [2.24, 2.45) is 0 Å². The molecule has 1 N–H and O–H groups in total. The number of nitrogens with one attached hydrogen (secondary N) is 1. The first-order chi connectivity index (χ1) is 11.5. The fraction of sp³-hybridized carbons (Fsp3) is 0.167. The van der Waals surface area contributed by atoms with Crippen molar-refractivity contribution in [2.45, 2.75) is 0 Å². The van der Waals surface area contributed by atoms with E-state index in [0.29, 0.717) is 22.5 Å². The molecule has 6 heteroatoms. The van der Waals surface area contributed by atoms with Crippen LogP contribution in [0.1, 0.15) is 20.7 Å². The van der Waals surface area contributed by atoms with E-state index < -0.39 is 0 Å². The van der Waals surface area contributed by atoms with Gasteiger partial charge in [-0.05, 0) is 44.4 Å². The Morgan fingerprint density at radius 2 is 1.62 bits per heavy atom. The van der Waals surface area contributed by atoms with Gasteiger partial charge >= 0.3 is 0 Å². The minimum absolute atomic E-state index is 0.167. The summed E-state index contributed by atoms with van der Waals surface area (Å²) < 4.78 is 0. The number of rotatable bonds is 4. The molecule has 0 unspecified atom stereocenters. The van der Waals surface area contributed by atoms with Crippen molar-refractivity contribution < 1.29 is 14.4 Å². The van der Waals surface area contributed by atoms with Crippen LogP contribution < -0.4 is 10.2 Å². The van der Waals surface area contributed by atoms with Gasteiger partial charge in [0.25, 0.3) is 11.8 Å². The number of anilines is 2. The van der Waals surface area contributed by atoms with Gasteiger partial charge < -0.3 is 10.2 Å². The van der Waals surface area contributed by atoms with Crippen molar-refractivity contribution in [1.82, 2.24) is 4.90 Å². The highest BCUT2D eigenvalue weighted by Crippen LogP contribution is 2.29. The Balaban J connectivity index is 1.86. The largest absolute Gasteiger partial charge is 0.325 e. The molecule has 3 rings (SSSR count). The molecule has 0 fully saturated rings. The van der Waals surface area contributed by atoms with Gasteiger partial charge in [-0.1, -0.05) is 18.2 Å². The number of benzene rings is 2. The van der Waals surface area contributed by atoms with Gasteiger partial charge in [-0.3, -0.25) is 14.4 Å². The van der Waals surface area contributed by atoms with E-state index in [1.54, 1.807) is 67.5 Å². The number of nitrogens with zero attached hydrogens (tertiary/aromatic N) is 2. The van der Waals surface area contributed by atoms with E-state index in [2.05, 4.69) is 5.32 Å². The first-order valence-corrected chi connectivity index (χ1v) is 7.50. The van der Waals surface area contributed by atoms with E-state index in [-0.39, 0.29) is 24.3 Å². The van der Waals surface area contributed by atoms with E-state index in [0.717, 1.165) is 4.90 Å². The standard InChI is InChI=1S/C18H17N3O3/c1-20(2)11-16(22)19-12-6-5-7-13(10-12)21-17(23)14-8-3-4-9-15(14)18(21)24/h3-10H,11H2,1-2H3,(H,19,22). The zero-order valence-electron chi connectivity index (χ0n) is 13.4. The van der Waals surface area contributed by atoms with E-state index >= 15 is 0 Å². The van der Waals surface area contributed by atoms with Crippen LogP contribution in [-0.2, 0) is 4.79 Å². The molecular weight excluding hydrogens is 306 g/mol. The summed E-state index contributed by atoms with van der Waals surface area (Å²) in [7, 11) is 3.60. The molecule has 0 atom stereocenters. The van der Waals surface area contributed by atoms with Gasteiger partial charge in [-0.2, -0.15) is 0 Å². The molecule has 2 aromatic carbocycles. The number of fused-ring (bicyclic) bond motifs is 1. The number of hydrogen-bond donors (Lipinski definition) is 1. The van der Waals surface area contributed by atoms with E-state index in [9.17, 15) is 14.4 Å². The molecule has 0 saturated carbocycles. The van der Waals surface area contributed by atoms with Crippen molar-refractivity contribution in [3.8, 4) is 0 Å². The lowest BCUT2D eigenvalue weighted by Crippen LogP contribution is -2.30. The smallest absolute Gasteiger partial charge is 0.266 e.